The molecule has 0 atom stereocenters. The molecule has 20 nitrogen and oxygen atoms in total. The summed E-state index contributed by atoms with van der Waals surface area (Å²) >= 11 is 6.61. The zero-order chi connectivity index (χ0) is 65.1. The lowest BCUT2D eigenvalue weighted by Gasteiger charge is -2.27. The van der Waals surface area contributed by atoms with Gasteiger partial charge in [0.2, 0.25) is 0 Å². The van der Waals surface area contributed by atoms with Crippen LogP contribution >= 0.6 is 11.6 Å². The minimum Gasteiger partial charge on any atom is -0.497 e. The number of ether oxygens (including phenoxy) is 3. The minimum atomic E-state index is -0.404. The van der Waals surface area contributed by atoms with Crippen LogP contribution in [0.25, 0.3) is 72.9 Å². The lowest BCUT2D eigenvalue weighted by molar-refractivity contribution is 0.305. The molecule has 12 aromatic rings. The molecule has 6 heterocycles. The molecule has 0 spiro atoms. The lowest BCUT2D eigenvalue weighted by atomic mass is 10.1. The molecule has 98 heavy (non-hydrogen) atoms. The fraction of sp³-hybridized carbons (Fsp3) is 0.303. The number of benzene rings is 6. The predicted molar refractivity (Wildman–Crippen MR) is 401 cm³/mol. The Kier molecular flexibility index (Phi) is 27.4. The van der Waals surface area contributed by atoms with Crippen molar-refractivity contribution in [1.82, 2.24) is 64.6 Å². The Morgan fingerprint density at radius 2 is 1.05 bits per heavy atom. The van der Waals surface area contributed by atoms with Gasteiger partial charge in [-0.3, -0.25) is 29.0 Å². The van der Waals surface area contributed by atoms with Crippen molar-refractivity contribution in [2.24, 2.45) is 27.1 Å². The highest BCUT2D eigenvalue weighted by atomic mass is 35.5. The van der Waals surface area contributed by atoms with Gasteiger partial charge in [-0.15, -0.1) is 0 Å². The number of halogens is 2. The zero-order valence-electron chi connectivity index (χ0n) is 53.3. The average molecular weight is 1350 g/mol. The van der Waals surface area contributed by atoms with Crippen LogP contribution in [-0.2, 0) is 21.1 Å². The van der Waals surface area contributed by atoms with Gasteiger partial charge in [0.15, 0.2) is 0 Å². The van der Waals surface area contributed by atoms with Crippen molar-refractivity contribution in [3.63, 3.8) is 0 Å². The number of aromatic nitrogens is 12. The first-order valence-electron chi connectivity index (χ1n) is 30.7. The van der Waals surface area contributed by atoms with Crippen LogP contribution in [-0.4, -0.2) is 124 Å². The summed E-state index contributed by atoms with van der Waals surface area (Å²) in [5.41, 5.74) is 16.3. The van der Waals surface area contributed by atoms with E-state index in [0.717, 1.165) is 121 Å². The van der Waals surface area contributed by atoms with Crippen molar-refractivity contribution in [1.29, 1.82) is 0 Å². The van der Waals surface area contributed by atoms with E-state index in [4.69, 9.17) is 40.8 Å². The quantitative estimate of drug-likeness (QED) is 0.0648. The Hall–Kier alpha value is -10.4. The van der Waals surface area contributed by atoms with Crippen molar-refractivity contribution < 1.29 is 23.7 Å². The summed E-state index contributed by atoms with van der Waals surface area (Å²) < 4.78 is 35.9. The monoisotopic (exact) mass is 1350 g/mol. The molecule has 1 aliphatic rings. The summed E-state index contributed by atoms with van der Waals surface area (Å²) in [4.78, 5) is 34.5. The Balaban J connectivity index is 0.000000226. The number of fused-ring (bicyclic) bond motifs is 3. The summed E-state index contributed by atoms with van der Waals surface area (Å²) in [7, 11) is 8.99. The predicted octanol–water partition coefficient (Wildman–Crippen LogP) is 16.9. The SMILES string of the molecule is C.C.C.C.C.C=Cc1cc(OC)cc(N(CC2CC2)c2ccc3ncc(-c4cnn(C)c4)nc3c2)c1.CCOc1cc(F)cc(N(CCO)c2ccc3ncc(-c4cnn(C)c4)nc3c2)c1.COc1ccc(Cl)c(N(CCNC(C)C)c2ccc3ncc(-c4cnn(C)c4)nc3c2)c1. The summed E-state index contributed by atoms with van der Waals surface area (Å²) in [5.74, 6) is 2.33. The first-order chi connectivity index (χ1) is 45.1. The molecule has 0 amide bonds. The Morgan fingerprint density at radius 1 is 0.571 bits per heavy atom. The van der Waals surface area contributed by atoms with Crippen LogP contribution in [0.15, 0.2) is 172 Å². The Labute approximate surface area is 581 Å². The van der Waals surface area contributed by atoms with Crippen LogP contribution in [0.4, 0.5) is 38.5 Å². The van der Waals surface area contributed by atoms with Gasteiger partial charge in [0, 0.05) is 141 Å². The average Bonchev–Trinajstić information content (AvgIpc) is 1.02. The smallest absolute Gasteiger partial charge is 0.128 e. The number of anilines is 6. The Morgan fingerprint density at radius 3 is 1.49 bits per heavy atom. The van der Waals surface area contributed by atoms with Gasteiger partial charge >= 0.3 is 0 Å². The van der Waals surface area contributed by atoms with E-state index >= 15 is 0 Å². The topological polar surface area (TPSA) is 200 Å². The zero-order valence-corrected chi connectivity index (χ0v) is 54.1. The number of nitrogens with one attached hydrogen (secondary N) is 1. The van der Waals surface area contributed by atoms with Crippen molar-refractivity contribution in [3.8, 4) is 51.0 Å². The minimum absolute atomic E-state index is 0. The summed E-state index contributed by atoms with van der Waals surface area (Å²) in [6.07, 6.45) is 20.8. The number of hydrogen-bond donors (Lipinski definition) is 2. The largest absolute Gasteiger partial charge is 0.497 e. The number of aryl methyl sites for hydroxylation is 3. The van der Waals surface area contributed by atoms with E-state index in [2.05, 4.69) is 90.1 Å². The number of nitrogens with zero attached hydrogens (tertiary/aromatic N) is 15. The van der Waals surface area contributed by atoms with E-state index in [0.29, 0.717) is 46.2 Å². The molecule has 6 aromatic carbocycles. The molecule has 0 unspecified atom stereocenters. The summed E-state index contributed by atoms with van der Waals surface area (Å²) in [6, 6.07) is 34.8. The maximum absolute atomic E-state index is 14.2. The van der Waals surface area contributed by atoms with E-state index in [1.807, 2.05) is 131 Å². The molecular weight excluding hydrogens is 1260 g/mol. The molecule has 0 aliphatic heterocycles. The van der Waals surface area contributed by atoms with Crippen molar-refractivity contribution in [2.45, 2.75) is 76.8 Å². The number of hydrogen-bond acceptors (Lipinski definition) is 17. The normalized spacial score (nSPS) is 11.3. The first-order valence-corrected chi connectivity index (χ1v) is 31.0. The maximum Gasteiger partial charge on any atom is 0.128 e. The van der Waals surface area contributed by atoms with E-state index in [-0.39, 0.29) is 50.3 Å². The molecule has 1 aliphatic carbocycles. The molecule has 1 fully saturated rings. The van der Waals surface area contributed by atoms with Crippen LogP contribution < -0.4 is 34.2 Å². The fourth-order valence-electron chi connectivity index (χ4n) is 10.6. The van der Waals surface area contributed by atoms with Gasteiger partial charge in [-0.05, 0) is 116 Å². The third-order valence-corrected chi connectivity index (χ3v) is 15.8. The summed E-state index contributed by atoms with van der Waals surface area (Å²) in [5, 5.41) is 26.4. The molecule has 0 radical (unpaired) electrons. The second kappa shape index (κ2) is 35.1. The van der Waals surface area contributed by atoms with Crippen molar-refractivity contribution in [2.75, 3.05) is 68.3 Å². The number of aliphatic hydroxyl groups excluding tert-OH is 1. The molecule has 22 heteroatoms. The molecule has 0 bridgehead atoms. The van der Waals surface area contributed by atoms with Gasteiger partial charge in [0.1, 0.15) is 23.1 Å². The van der Waals surface area contributed by atoms with E-state index in [1.54, 1.807) is 65.3 Å². The second-order valence-electron chi connectivity index (χ2n) is 22.7. The van der Waals surface area contributed by atoms with Gasteiger partial charge < -0.3 is 39.3 Å². The van der Waals surface area contributed by atoms with Crippen molar-refractivity contribution in [3.05, 3.63) is 188 Å². The van der Waals surface area contributed by atoms with E-state index in [1.165, 1.54) is 25.0 Å². The maximum atomic E-state index is 14.2. The van der Waals surface area contributed by atoms with Gasteiger partial charge in [-0.1, -0.05) is 75.2 Å². The number of rotatable bonds is 22. The fourth-order valence-corrected chi connectivity index (χ4v) is 10.9. The molecule has 0 saturated heterocycles. The van der Waals surface area contributed by atoms with Crippen LogP contribution in [0.2, 0.25) is 5.02 Å². The molecule has 6 aromatic heterocycles. The van der Waals surface area contributed by atoms with Gasteiger partial charge in [-0.25, -0.2) is 19.3 Å². The van der Waals surface area contributed by atoms with Crippen LogP contribution in [0, 0.1) is 11.7 Å². The number of aliphatic hydroxyl groups is 1. The Bertz CT molecular complexity index is 4570. The van der Waals surface area contributed by atoms with Crippen LogP contribution in [0.1, 0.15) is 76.3 Å². The van der Waals surface area contributed by atoms with Gasteiger partial charge in [-0.2, -0.15) is 15.3 Å². The molecule has 1 saturated carbocycles. The van der Waals surface area contributed by atoms with Gasteiger partial charge in [0.25, 0.3) is 0 Å². The van der Waals surface area contributed by atoms with Crippen LogP contribution in [0.5, 0.6) is 17.2 Å². The third kappa shape index (κ3) is 18.8. The van der Waals surface area contributed by atoms with Crippen molar-refractivity contribution >= 4 is 84.9 Å². The highest BCUT2D eigenvalue weighted by molar-refractivity contribution is 6.33. The third-order valence-electron chi connectivity index (χ3n) is 15.5. The number of methoxy groups -OCH3 is 2. The molecule has 13 rings (SSSR count). The van der Waals surface area contributed by atoms with E-state index < -0.39 is 5.82 Å². The van der Waals surface area contributed by atoms with Crippen LogP contribution in [0.3, 0.4) is 0 Å². The van der Waals surface area contributed by atoms with Gasteiger partial charge in [0.05, 0.1) is 126 Å². The lowest BCUT2D eigenvalue weighted by Crippen LogP contribution is -2.32. The van der Waals surface area contributed by atoms with E-state index in [9.17, 15) is 9.50 Å². The summed E-state index contributed by atoms with van der Waals surface area (Å²) in [6.45, 7) is 13.2. The molecule has 516 valence electrons. The molecule has 2 N–H and O–H groups in total. The highest BCUT2D eigenvalue weighted by Gasteiger charge is 2.27. The highest BCUT2D eigenvalue weighted by Crippen LogP contribution is 2.40. The second-order valence-corrected chi connectivity index (χ2v) is 23.2. The standard InChI is InChI=1S/C25H25N5O.C24H27ClN6O.C22H22FN5O2.5CH4/c1-4-17-9-21(11-22(10-17)31-3)30(15-18-5-6-18)20-7-8-23-24(12-20)28-25(14-26-23)19-13-27-29(2)16-19;1-16(2)26-9-10-31(24-12-19(32-4)6-7-20(24)25)18-5-8-21-22(11-18)29-23(14-27-21)17-13-28-30(3)15-17;1-3-30-19-9-16(23)8-18(10-19)28(6-7-29)17-4-5-20-21(11-17)26-22(13-24-20)15-12-25-27(2)14-15;;;;;/h4,7-14,16,18H,1,5-6,15H2,2-3H3;5-8,11-16,26H,9-10H2,1-4H3;4-5,8-14,29H,3,6-7H2,1-2H3;5*1H4. The first kappa shape index (κ1) is 76.7. The molecular formula is C76H94ClFN16O4.